The molecule has 2 rings (SSSR count). The summed E-state index contributed by atoms with van der Waals surface area (Å²) in [4.78, 5) is 11.9. The van der Waals surface area contributed by atoms with Crippen molar-refractivity contribution < 1.29 is 4.79 Å². The summed E-state index contributed by atoms with van der Waals surface area (Å²) in [6.45, 7) is 4.06. The standard InChI is InChI=1S/C16H17NO/c1-12-6-8-15(9-7-12)17-16(18)11-14-5-3-4-13(2)10-14/h3-10H,11H2,1-2H3,(H,17,18). The molecule has 0 aliphatic heterocycles. The van der Waals surface area contributed by atoms with Crippen molar-refractivity contribution in [1.29, 1.82) is 0 Å². The van der Waals surface area contributed by atoms with Gasteiger partial charge >= 0.3 is 0 Å². The van der Waals surface area contributed by atoms with E-state index in [0.717, 1.165) is 11.3 Å². The zero-order chi connectivity index (χ0) is 13.0. The molecule has 0 heterocycles. The Balaban J connectivity index is 1.98. The Bertz CT molecular complexity index is 543. The smallest absolute Gasteiger partial charge is 0.228 e. The molecule has 2 nitrogen and oxygen atoms in total. The van der Waals surface area contributed by atoms with E-state index in [9.17, 15) is 4.79 Å². The quantitative estimate of drug-likeness (QED) is 0.872. The normalized spacial score (nSPS) is 10.1. The number of carbonyl (C=O) groups is 1. The first-order valence-corrected chi connectivity index (χ1v) is 6.05. The highest BCUT2D eigenvalue weighted by atomic mass is 16.1. The molecule has 18 heavy (non-hydrogen) atoms. The number of benzene rings is 2. The van der Waals surface area contributed by atoms with Gasteiger partial charge in [-0.1, -0.05) is 47.5 Å². The molecule has 1 N–H and O–H groups in total. The van der Waals surface area contributed by atoms with Crippen molar-refractivity contribution in [2.24, 2.45) is 0 Å². The molecule has 0 fully saturated rings. The second-order valence-electron chi connectivity index (χ2n) is 4.58. The number of aryl methyl sites for hydroxylation is 2. The first-order chi connectivity index (χ1) is 8.63. The molecule has 92 valence electrons. The summed E-state index contributed by atoms with van der Waals surface area (Å²) < 4.78 is 0. The summed E-state index contributed by atoms with van der Waals surface area (Å²) >= 11 is 0. The Morgan fingerprint density at radius 1 is 1.00 bits per heavy atom. The van der Waals surface area contributed by atoms with Crippen LogP contribution in [0.2, 0.25) is 0 Å². The molecule has 0 aliphatic carbocycles. The van der Waals surface area contributed by atoms with Crippen LogP contribution in [0.3, 0.4) is 0 Å². The zero-order valence-electron chi connectivity index (χ0n) is 10.7. The third-order valence-electron chi connectivity index (χ3n) is 2.78. The van der Waals surface area contributed by atoms with Crippen molar-refractivity contribution in [3.8, 4) is 0 Å². The van der Waals surface area contributed by atoms with Gasteiger partial charge in [-0.2, -0.15) is 0 Å². The number of anilines is 1. The number of hydrogen-bond donors (Lipinski definition) is 1. The second-order valence-corrected chi connectivity index (χ2v) is 4.58. The first-order valence-electron chi connectivity index (χ1n) is 6.05. The largest absolute Gasteiger partial charge is 0.326 e. The van der Waals surface area contributed by atoms with E-state index < -0.39 is 0 Å². The van der Waals surface area contributed by atoms with E-state index >= 15 is 0 Å². The Hall–Kier alpha value is -2.09. The third-order valence-corrected chi connectivity index (χ3v) is 2.78. The van der Waals surface area contributed by atoms with Crippen LogP contribution in [0.25, 0.3) is 0 Å². The third kappa shape index (κ3) is 3.45. The van der Waals surface area contributed by atoms with Gasteiger partial charge < -0.3 is 5.32 Å². The fraction of sp³-hybridized carbons (Fsp3) is 0.188. The van der Waals surface area contributed by atoms with Gasteiger partial charge in [-0.05, 0) is 31.5 Å². The predicted molar refractivity (Wildman–Crippen MR) is 74.7 cm³/mol. The number of amides is 1. The molecule has 0 bridgehead atoms. The molecular weight excluding hydrogens is 222 g/mol. The molecule has 0 saturated heterocycles. The summed E-state index contributed by atoms with van der Waals surface area (Å²) in [5, 5.41) is 2.90. The highest BCUT2D eigenvalue weighted by molar-refractivity contribution is 5.92. The van der Waals surface area contributed by atoms with Gasteiger partial charge in [0.05, 0.1) is 6.42 Å². The Kier molecular flexibility index (Phi) is 3.78. The van der Waals surface area contributed by atoms with Crippen LogP contribution in [0, 0.1) is 13.8 Å². The molecule has 0 aromatic heterocycles. The van der Waals surface area contributed by atoms with Crippen LogP contribution in [0.5, 0.6) is 0 Å². The van der Waals surface area contributed by atoms with Gasteiger partial charge in [0.1, 0.15) is 0 Å². The van der Waals surface area contributed by atoms with E-state index in [2.05, 4.69) is 5.32 Å². The second kappa shape index (κ2) is 5.50. The molecule has 0 spiro atoms. The van der Waals surface area contributed by atoms with Crippen LogP contribution in [0.4, 0.5) is 5.69 Å². The van der Waals surface area contributed by atoms with Crippen LogP contribution in [-0.4, -0.2) is 5.91 Å². The highest BCUT2D eigenvalue weighted by Gasteiger charge is 2.03. The van der Waals surface area contributed by atoms with Gasteiger partial charge in [0, 0.05) is 5.69 Å². The lowest BCUT2D eigenvalue weighted by Crippen LogP contribution is -2.14. The lowest BCUT2D eigenvalue weighted by Gasteiger charge is -2.06. The van der Waals surface area contributed by atoms with Crippen molar-refractivity contribution in [2.75, 3.05) is 5.32 Å². The molecule has 1 amide bonds. The molecule has 0 saturated carbocycles. The predicted octanol–water partition coefficient (Wildman–Crippen LogP) is 3.48. The van der Waals surface area contributed by atoms with Gasteiger partial charge in [0.25, 0.3) is 0 Å². The average molecular weight is 239 g/mol. The van der Waals surface area contributed by atoms with Crippen LogP contribution in [0.15, 0.2) is 48.5 Å². The summed E-state index contributed by atoms with van der Waals surface area (Å²) in [7, 11) is 0. The SMILES string of the molecule is Cc1ccc(NC(=O)Cc2cccc(C)c2)cc1. The number of hydrogen-bond acceptors (Lipinski definition) is 1. The maximum Gasteiger partial charge on any atom is 0.228 e. The zero-order valence-corrected chi connectivity index (χ0v) is 10.7. The average Bonchev–Trinajstić information content (AvgIpc) is 2.32. The van der Waals surface area contributed by atoms with Crippen LogP contribution < -0.4 is 5.32 Å². The minimum absolute atomic E-state index is 0.0180. The summed E-state index contributed by atoms with van der Waals surface area (Å²) in [6, 6.07) is 15.8. The van der Waals surface area contributed by atoms with Gasteiger partial charge in [-0.25, -0.2) is 0 Å². The maximum absolute atomic E-state index is 11.9. The topological polar surface area (TPSA) is 29.1 Å². The number of nitrogens with one attached hydrogen (secondary N) is 1. The maximum atomic E-state index is 11.9. The van der Waals surface area contributed by atoms with Crippen molar-refractivity contribution in [1.82, 2.24) is 0 Å². The molecule has 0 radical (unpaired) electrons. The molecule has 0 unspecified atom stereocenters. The summed E-state index contributed by atoms with van der Waals surface area (Å²) in [5.74, 6) is 0.0180. The highest BCUT2D eigenvalue weighted by Crippen LogP contribution is 2.10. The van der Waals surface area contributed by atoms with Crippen molar-refractivity contribution in [3.05, 3.63) is 65.2 Å². The summed E-state index contributed by atoms with van der Waals surface area (Å²) in [5.41, 5.74) is 4.25. The Morgan fingerprint density at radius 2 is 1.72 bits per heavy atom. The first kappa shape index (κ1) is 12.4. The molecular formula is C16H17NO. The lowest BCUT2D eigenvalue weighted by atomic mass is 10.1. The van der Waals surface area contributed by atoms with Crippen LogP contribution >= 0.6 is 0 Å². The molecule has 2 aromatic carbocycles. The fourth-order valence-electron chi connectivity index (χ4n) is 1.85. The number of rotatable bonds is 3. The lowest BCUT2D eigenvalue weighted by molar-refractivity contribution is -0.115. The van der Waals surface area contributed by atoms with Gasteiger partial charge in [0.2, 0.25) is 5.91 Å². The summed E-state index contributed by atoms with van der Waals surface area (Å²) in [6.07, 6.45) is 0.412. The van der Waals surface area contributed by atoms with Crippen molar-refractivity contribution in [3.63, 3.8) is 0 Å². The van der Waals surface area contributed by atoms with E-state index in [4.69, 9.17) is 0 Å². The van der Waals surface area contributed by atoms with Gasteiger partial charge in [-0.3, -0.25) is 4.79 Å². The fourth-order valence-corrected chi connectivity index (χ4v) is 1.85. The minimum atomic E-state index is 0.0180. The molecule has 0 atom stereocenters. The monoisotopic (exact) mass is 239 g/mol. The van der Waals surface area contributed by atoms with E-state index in [-0.39, 0.29) is 5.91 Å². The molecule has 0 aliphatic rings. The van der Waals surface area contributed by atoms with E-state index in [0.29, 0.717) is 6.42 Å². The Labute approximate surface area is 108 Å². The van der Waals surface area contributed by atoms with E-state index in [1.807, 2.05) is 62.4 Å². The van der Waals surface area contributed by atoms with Gasteiger partial charge in [0.15, 0.2) is 0 Å². The molecule has 2 heteroatoms. The van der Waals surface area contributed by atoms with Crippen molar-refractivity contribution in [2.45, 2.75) is 20.3 Å². The minimum Gasteiger partial charge on any atom is -0.326 e. The van der Waals surface area contributed by atoms with E-state index in [1.165, 1.54) is 11.1 Å². The Morgan fingerprint density at radius 3 is 2.39 bits per heavy atom. The van der Waals surface area contributed by atoms with E-state index in [1.54, 1.807) is 0 Å². The van der Waals surface area contributed by atoms with Crippen LogP contribution in [0.1, 0.15) is 16.7 Å². The van der Waals surface area contributed by atoms with Crippen LogP contribution in [-0.2, 0) is 11.2 Å². The van der Waals surface area contributed by atoms with Crippen molar-refractivity contribution >= 4 is 11.6 Å². The number of carbonyl (C=O) groups excluding carboxylic acids is 1. The van der Waals surface area contributed by atoms with Gasteiger partial charge in [-0.15, -0.1) is 0 Å². The molecule has 2 aromatic rings.